The number of halogens is 1. The molecule has 1 N–H and O–H groups in total. The highest BCUT2D eigenvalue weighted by atomic mass is 35.5. The lowest BCUT2D eigenvalue weighted by Crippen LogP contribution is -2.09. The Kier molecular flexibility index (Phi) is 10.5. The fraction of sp³-hybridized carbons (Fsp3) is 0.162. The normalized spacial score (nSPS) is 10.8. The lowest BCUT2D eigenvalue weighted by atomic mass is 9.91. The van der Waals surface area contributed by atoms with Crippen molar-refractivity contribution in [3.63, 3.8) is 0 Å². The zero-order valence-electron chi connectivity index (χ0n) is 25.5. The summed E-state index contributed by atoms with van der Waals surface area (Å²) in [7, 11) is 0. The number of hydrogen-bond donors (Lipinski definition) is 1. The molecule has 0 bridgehead atoms. The second kappa shape index (κ2) is 14.7. The summed E-state index contributed by atoms with van der Waals surface area (Å²) < 4.78 is 11.4. The zero-order chi connectivity index (χ0) is 32.8. The van der Waals surface area contributed by atoms with Gasteiger partial charge in [0.25, 0.3) is 0 Å². The Balaban J connectivity index is 1.48. The molecule has 234 valence electrons. The summed E-state index contributed by atoms with van der Waals surface area (Å²) >= 11 is 9.30. The SMILES string of the molecule is CCC(COc1ccc(OCC(=O)O)c(Cl)c1)=C(c1ccc(-c2ccc(C(C)=O)s2)cc1)c1ccc(-c2ccc(C(C)=O)s2)cc1. The average Bonchev–Trinajstić information content (AvgIpc) is 3.74. The van der Waals surface area contributed by atoms with Crippen LogP contribution in [0.2, 0.25) is 5.02 Å². The molecule has 0 unspecified atom stereocenters. The Labute approximate surface area is 280 Å². The van der Waals surface area contributed by atoms with Gasteiger partial charge in [-0.05, 0) is 90.1 Å². The van der Waals surface area contributed by atoms with Gasteiger partial charge in [-0.3, -0.25) is 9.59 Å². The number of carbonyl (C=O) groups excluding carboxylic acids is 2. The number of carboxylic acid groups (broad SMARTS) is 1. The van der Waals surface area contributed by atoms with Crippen LogP contribution in [0.4, 0.5) is 0 Å². The van der Waals surface area contributed by atoms with Crippen molar-refractivity contribution in [2.45, 2.75) is 27.2 Å². The monoisotopic (exact) mass is 670 g/mol. The summed E-state index contributed by atoms with van der Waals surface area (Å²) in [6, 6.07) is 29.2. The van der Waals surface area contributed by atoms with Crippen LogP contribution in [0.15, 0.2) is 96.6 Å². The molecule has 2 heterocycles. The highest BCUT2D eigenvalue weighted by Crippen LogP contribution is 2.36. The van der Waals surface area contributed by atoms with E-state index < -0.39 is 12.6 Å². The van der Waals surface area contributed by atoms with Gasteiger partial charge in [0.2, 0.25) is 0 Å². The van der Waals surface area contributed by atoms with Gasteiger partial charge in [-0.2, -0.15) is 0 Å². The first-order valence-electron chi connectivity index (χ1n) is 14.5. The van der Waals surface area contributed by atoms with Crippen LogP contribution in [0.3, 0.4) is 0 Å². The summed E-state index contributed by atoms with van der Waals surface area (Å²) in [6.07, 6.45) is 0.714. The quantitative estimate of drug-likeness (QED) is 0.125. The summed E-state index contributed by atoms with van der Waals surface area (Å²) in [5.74, 6) is -0.182. The van der Waals surface area contributed by atoms with Crippen molar-refractivity contribution in [3.05, 3.63) is 122 Å². The number of aliphatic carboxylic acids is 1. The maximum absolute atomic E-state index is 11.8. The van der Waals surface area contributed by atoms with Gasteiger partial charge >= 0.3 is 5.97 Å². The molecule has 0 aliphatic heterocycles. The van der Waals surface area contributed by atoms with Gasteiger partial charge in [0.05, 0.1) is 14.8 Å². The average molecular weight is 671 g/mol. The lowest BCUT2D eigenvalue weighted by molar-refractivity contribution is -0.139. The fourth-order valence-electron chi connectivity index (χ4n) is 4.89. The van der Waals surface area contributed by atoms with E-state index in [1.807, 2.05) is 24.3 Å². The van der Waals surface area contributed by atoms with E-state index in [1.165, 1.54) is 22.7 Å². The number of ketones is 2. The Bertz CT molecular complexity index is 1820. The smallest absolute Gasteiger partial charge is 0.341 e. The molecular weight excluding hydrogens is 640 g/mol. The van der Waals surface area contributed by atoms with E-state index in [0.717, 1.165) is 52.9 Å². The fourth-order valence-corrected chi connectivity index (χ4v) is 6.93. The van der Waals surface area contributed by atoms with E-state index in [4.69, 9.17) is 26.2 Å². The number of Topliss-reactive ketones (excluding diaryl/α,β-unsaturated/α-hetero) is 2. The van der Waals surface area contributed by atoms with Gasteiger partial charge in [-0.25, -0.2) is 4.79 Å². The minimum absolute atomic E-state index is 0.0536. The molecule has 0 atom stereocenters. The zero-order valence-corrected chi connectivity index (χ0v) is 27.9. The highest BCUT2D eigenvalue weighted by Gasteiger charge is 2.15. The van der Waals surface area contributed by atoms with Crippen LogP contribution < -0.4 is 9.47 Å². The summed E-state index contributed by atoms with van der Waals surface area (Å²) in [4.78, 5) is 38.1. The Morgan fingerprint density at radius 3 is 1.63 bits per heavy atom. The minimum atomic E-state index is -1.09. The van der Waals surface area contributed by atoms with E-state index >= 15 is 0 Å². The largest absolute Gasteiger partial charge is 0.489 e. The van der Waals surface area contributed by atoms with Crippen LogP contribution in [0.1, 0.15) is 57.7 Å². The van der Waals surface area contributed by atoms with Crippen molar-refractivity contribution in [2.75, 3.05) is 13.2 Å². The van der Waals surface area contributed by atoms with E-state index in [2.05, 4.69) is 55.5 Å². The first-order chi connectivity index (χ1) is 22.1. The second-order valence-corrected chi connectivity index (χ2v) is 13.1. The lowest BCUT2D eigenvalue weighted by Gasteiger charge is -2.18. The molecule has 6 nitrogen and oxygen atoms in total. The molecule has 0 aliphatic carbocycles. The minimum Gasteiger partial charge on any atom is -0.489 e. The van der Waals surface area contributed by atoms with Gasteiger partial charge < -0.3 is 14.6 Å². The molecule has 5 aromatic rings. The van der Waals surface area contributed by atoms with Crippen molar-refractivity contribution >= 4 is 57.4 Å². The molecule has 9 heteroatoms. The third-order valence-electron chi connectivity index (χ3n) is 7.27. The first-order valence-corrected chi connectivity index (χ1v) is 16.6. The van der Waals surface area contributed by atoms with Crippen LogP contribution in [0.25, 0.3) is 26.5 Å². The number of ether oxygens (including phenoxy) is 2. The standard InChI is InChI=1S/C37H31ClO6S2/c1-4-24(20-43-29-13-14-31(30(38)19-29)44-21-36(41)42)37(27-9-5-25(6-10-27)34-17-15-32(45-34)22(2)39)28-11-7-26(8-12-28)35-18-16-33(46-35)23(3)40/h5-19H,4,20-21H2,1-3H3,(H,41,42). The molecule has 0 fully saturated rings. The molecule has 0 saturated carbocycles. The molecule has 0 spiro atoms. The Morgan fingerprint density at radius 1 is 0.696 bits per heavy atom. The van der Waals surface area contributed by atoms with Crippen LogP contribution >= 0.6 is 34.3 Å². The molecule has 0 amide bonds. The van der Waals surface area contributed by atoms with Crippen molar-refractivity contribution in [1.29, 1.82) is 0 Å². The van der Waals surface area contributed by atoms with Crippen molar-refractivity contribution < 1.29 is 29.0 Å². The van der Waals surface area contributed by atoms with Crippen LogP contribution in [0, 0.1) is 0 Å². The number of carbonyl (C=O) groups is 3. The topological polar surface area (TPSA) is 89.9 Å². The predicted molar refractivity (Wildman–Crippen MR) is 186 cm³/mol. The number of thiophene rings is 2. The molecular formula is C37H31ClO6S2. The summed E-state index contributed by atoms with van der Waals surface area (Å²) in [5.41, 5.74) is 6.21. The number of carboxylic acids is 1. The first kappa shape index (κ1) is 32.9. The summed E-state index contributed by atoms with van der Waals surface area (Å²) in [5, 5.41) is 9.16. The molecule has 3 aromatic carbocycles. The second-order valence-electron chi connectivity index (χ2n) is 10.5. The molecule has 0 aliphatic rings. The number of rotatable bonds is 13. The Morgan fingerprint density at radius 2 is 1.22 bits per heavy atom. The van der Waals surface area contributed by atoms with Crippen LogP contribution in [-0.2, 0) is 4.79 Å². The number of benzene rings is 3. The van der Waals surface area contributed by atoms with Crippen molar-refractivity contribution in [3.8, 4) is 32.4 Å². The molecule has 0 radical (unpaired) electrons. The van der Waals surface area contributed by atoms with Crippen molar-refractivity contribution in [1.82, 2.24) is 0 Å². The third kappa shape index (κ3) is 7.83. The molecule has 5 rings (SSSR count). The third-order valence-corrected chi connectivity index (χ3v) is 10.0. The van der Waals surface area contributed by atoms with Gasteiger partial charge in [-0.1, -0.05) is 67.1 Å². The van der Waals surface area contributed by atoms with E-state index in [9.17, 15) is 14.4 Å². The highest BCUT2D eigenvalue weighted by molar-refractivity contribution is 7.17. The molecule has 2 aromatic heterocycles. The Hall–Kier alpha value is -4.50. The van der Waals surface area contributed by atoms with Gasteiger partial charge in [0, 0.05) is 15.8 Å². The van der Waals surface area contributed by atoms with Gasteiger partial charge in [-0.15, -0.1) is 22.7 Å². The maximum atomic E-state index is 11.8. The van der Waals surface area contributed by atoms with Gasteiger partial charge in [0.15, 0.2) is 18.2 Å². The van der Waals surface area contributed by atoms with E-state index in [1.54, 1.807) is 32.0 Å². The van der Waals surface area contributed by atoms with E-state index in [0.29, 0.717) is 18.8 Å². The maximum Gasteiger partial charge on any atom is 0.341 e. The molecule has 46 heavy (non-hydrogen) atoms. The molecule has 0 saturated heterocycles. The van der Waals surface area contributed by atoms with Crippen LogP contribution in [0.5, 0.6) is 11.5 Å². The van der Waals surface area contributed by atoms with Crippen molar-refractivity contribution in [2.24, 2.45) is 0 Å². The number of hydrogen-bond acceptors (Lipinski definition) is 7. The van der Waals surface area contributed by atoms with E-state index in [-0.39, 0.29) is 22.3 Å². The summed E-state index contributed by atoms with van der Waals surface area (Å²) in [6.45, 7) is 5.04. The van der Waals surface area contributed by atoms with Crippen LogP contribution in [-0.4, -0.2) is 35.9 Å². The predicted octanol–water partition coefficient (Wildman–Crippen LogP) is 9.96. The van der Waals surface area contributed by atoms with Gasteiger partial charge in [0.1, 0.15) is 18.1 Å².